The van der Waals surface area contributed by atoms with Crippen LogP contribution in [0.1, 0.15) is 18.9 Å². The average molecular weight is 410 g/mol. The molecule has 0 heterocycles. The molecular formula is C15H15BrCl2O2S. The summed E-state index contributed by atoms with van der Waals surface area (Å²) in [6.45, 7) is 1.64. The number of sulfone groups is 1. The van der Waals surface area contributed by atoms with Gasteiger partial charge in [-0.15, -0.1) is 0 Å². The number of hydrogen-bond donors (Lipinski definition) is 0. The fourth-order valence-corrected chi connectivity index (χ4v) is 4.04. The van der Waals surface area contributed by atoms with Crippen molar-refractivity contribution in [1.82, 2.24) is 0 Å². The van der Waals surface area contributed by atoms with Gasteiger partial charge in [0.25, 0.3) is 0 Å². The molecule has 1 aromatic carbocycles. The molecule has 0 bridgehead atoms. The van der Waals surface area contributed by atoms with Gasteiger partial charge in [0.15, 0.2) is 9.84 Å². The normalized spacial score (nSPS) is 19.6. The van der Waals surface area contributed by atoms with Crippen molar-refractivity contribution < 1.29 is 8.42 Å². The monoisotopic (exact) mass is 408 g/mol. The second-order valence-corrected chi connectivity index (χ2v) is 8.88. The first-order valence-electron chi connectivity index (χ1n) is 6.57. The van der Waals surface area contributed by atoms with E-state index in [1.165, 1.54) is 0 Å². The van der Waals surface area contributed by atoms with Crippen LogP contribution in [-0.2, 0) is 16.3 Å². The van der Waals surface area contributed by atoms with E-state index < -0.39 is 9.84 Å². The van der Waals surface area contributed by atoms with Gasteiger partial charge < -0.3 is 0 Å². The molecule has 114 valence electrons. The summed E-state index contributed by atoms with van der Waals surface area (Å²) in [5.74, 6) is 0.335. The molecular weight excluding hydrogens is 395 g/mol. The third-order valence-electron chi connectivity index (χ3n) is 3.43. The van der Waals surface area contributed by atoms with Crippen LogP contribution in [-0.4, -0.2) is 14.2 Å². The zero-order valence-electron chi connectivity index (χ0n) is 11.4. The van der Waals surface area contributed by atoms with Crippen LogP contribution in [0.3, 0.4) is 0 Å². The SMILES string of the molecule is CCS(=O)(=O)c1ccc(CC2C=C(Cl)C(Br)=C(Cl)C2)cc1. The lowest BCUT2D eigenvalue weighted by Crippen LogP contribution is -2.07. The molecule has 0 aliphatic heterocycles. The Morgan fingerprint density at radius 1 is 1.24 bits per heavy atom. The highest BCUT2D eigenvalue weighted by Gasteiger charge is 2.19. The van der Waals surface area contributed by atoms with E-state index in [-0.39, 0.29) is 11.7 Å². The summed E-state index contributed by atoms with van der Waals surface area (Å²) in [6.07, 6.45) is 3.49. The zero-order chi connectivity index (χ0) is 15.6. The van der Waals surface area contributed by atoms with Gasteiger partial charge >= 0.3 is 0 Å². The van der Waals surface area contributed by atoms with Gasteiger partial charge in [0.1, 0.15) is 0 Å². The maximum Gasteiger partial charge on any atom is 0.178 e. The van der Waals surface area contributed by atoms with Gasteiger partial charge in [-0.2, -0.15) is 0 Å². The van der Waals surface area contributed by atoms with E-state index in [1.807, 2.05) is 18.2 Å². The molecule has 0 amide bonds. The summed E-state index contributed by atoms with van der Waals surface area (Å²) in [5.41, 5.74) is 1.07. The average Bonchev–Trinajstić information content (AvgIpc) is 2.45. The zero-order valence-corrected chi connectivity index (χ0v) is 15.4. The van der Waals surface area contributed by atoms with Crippen LogP contribution in [0.4, 0.5) is 0 Å². The van der Waals surface area contributed by atoms with Crippen molar-refractivity contribution in [2.75, 3.05) is 5.75 Å². The molecule has 0 saturated heterocycles. The Bertz CT molecular complexity index is 691. The van der Waals surface area contributed by atoms with Gasteiger partial charge in [-0.1, -0.05) is 48.3 Å². The fourth-order valence-electron chi connectivity index (χ4n) is 2.22. The summed E-state index contributed by atoms with van der Waals surface area (Å²) < 4.78 is 24.3. The lowest BCUT2D eigenvalue weighted by molar-refractivity contribution is 0.597. The molecule has 1 aliphatic carbocycles. The van der Waals surface area contributed by atoms with Gasteiger partial charge in [0, 0.05) is 5.03 Å². The first-order chi connectivity index (χ1) is 9.83. The number of halogens is 3. The van der Waals surface area contributed by atoms with Crippen molar-refractivity contribution in [3.8, 4) is 0 Å². The van der Waals surface area contributed by atoms with Crippen LogP contribution in [0.2, 0.25) is 0 Å². The van der Waals surface area contributed by atoms with Gasteiger partial charge in [-0.25, -0.2) is 8.42 Å². The van der Waals surface area contributed by atoms with E-state index in [1.54, 1.807) is 19.1 Å². The lowest BCUT2D eigenvalue weighted by Gasteiger charge is -2.19. The van der Waals surface area contributed by atoms with Crippen molar-refractivity contribution in [2.24, 2.45) is 5.92 Å². The first kappa shape index (κ1) is 17.1. The van der Waals surface area contributed by atoms with Gasteiger partial charge in [-0.3, -0.25) is 0 Å². The van der Waals surface area contributed by atoms with Crippen LogP contribution in [0.25, 0.3) is 0 Å². The van der Waals surface area contributed by atoms with E-state index in [2.05, 4.69) is 15.9 Å². The lowest BCUT2D eigenvalue weighted by atomic mass is 9.93. The maximum atomic E-state index is 11.8. The summed E-state index contributed by atoms with van der Waals surface area (Å²) in [6, 6.07) is 7.03. The van der Waals surface area contributed by atoms with Crippen LogP contribution >= 0.6 is 39.1 Å². The highest BCUT2D eigenvalue weighted by molar-refractivity contribution is 9.12. The van der Waals surface area contributed by atoms with Gasteiger partial charge in [0.05, 0.1) is 20.2 Å². The summed E-state index contributed by atoms with van der Waals surface area (Å²) in [5, 5.41) is 1.35. The third kappa shape index (κ3) is 4.13. The van der Waals surface area contributed by atoms with Gasteiger partial charge in [0.2, 0.25) is 0 Å². The number of hydrogen-bond acceptors (Lipinski definition) is 2. The number of allylic oxidation sites excluding steroid dienone is 4. The Labute approximate surface area is 143 Å². The molecule has 6 heteroatoms. The summed E-state index contributed by atoms with van der Waals surface area (Å²) in [7, 11) is -3.14. The molecule has 0 saturated carbocycles. The Morgan fingerprint density at radius 2 is 1.86 bits per heavy atom. The van der Waals surface area contributed by atoms with E-state index in [9.17, 15) is 8.42 Å². The molecule has 1 atom stereocenters. The quantitative estimate of drug-likeness (QED) is 0.700. The third-order valence-corrected chi connectivity index (χ3v) is 7.20. The molecule has 2 rings (SSSR count). The topological polar surface area (TPSA) is 34.1 Å². The fraction of sp³-hybridized carbons (Fsp3) is 0.333. The Balaban J connectivity index is 2.12. The molecule has 0 spiro atoms. The minimum Gasteiger partial charge on any atom is -0.224 e. The molecule has 21 heavy (non-hydrogen) atoms. The maximum absolute atomic E-state index is 11.8. The number of rotatable bonds is 4. The van der Waals surface area contributed by atoms with Crippen LogP contribution < -0.4 is 0 Å². The number of benzene rings is 1. The molecule has 0 N–H and O–H groups in total. The van der Waals surface area contributed by atoms with Crippen molar-refractivity contribution in [3.63, 3.8) is 0 Å². The predicted molar refractivity (Wildman–Crippen MR) is 91.7 cm³/mol. The first-order valence-corrected chi connectivity index (χ1v) is 9.77. The summed E-state index contributed by atoms with van der Waals surface area (Å²) in [4.78, 5) is 0.367. The Kier molecular flexibility index (Phi) is 5.58. The predicted octanol–water partition coefficient (Wildman–Crippen LogP) is 5.01. The molecule has 0 aromatic heterocycles. The Morgan fingerprint density at radius 3 is 2.38 bits per heavy atom. The highest BCUT2D eigenvalue weighted by Crippen LogP contribution is 2.37. The smallest absolute Gasteiger partial charge is 0.178 e. The van der Waals surface area contributed by atoms with Gasteiger partial charge in [-0.05, 0) is 52.4 Å². The minimum atomic E-state index is -3.14. The van der Waals surface area contributed by atoms with Crippen LogP contribution in [0.5, 0.6) is 0 Å². The molecule has 0 fully saturated rings. The molecule has 0 radical (unpaired) electrons. The van der Waals surface area contributed by atoms with Crippen molar-refractivity contribution in [1.29, 1.82) is 0 Å². The van der Waals surface area contributed by atoms with E-state index in [0.717, 1.165) is 27.9 Å². The second kappa shape index (κ2) is 6.86. The molecule has 1 unspecified atom stereocenters. The standard InChI is InChI=1S/C15H15BrCl2O2S/c1-2-21(19,20)12-5-3-10(4-6-12)7-11-8-13(17)15(16)14(18)9-11/h3-6,8,11H,2,7,9H2,1H3. The van der Waals surface area contributed by atoms with Crippen molar-refractivity contribution >= 4 is 49.0 Å². The van der Waals surface area contributed by atoms with Crippen molar-refractivity contribution in [3.05, 3.63) is 50.5 Å². The summed E-state index contributed by atoms with van der Waals surface area (Å²) >= 11 is 15.6. The van der Waals surface area contributed by atoms with E-state index in [0.29, 0.717) is 9.93 Å². The minimum absolute atomic E-state index is 0.113. The highest BCUT2D eigenvalue weighted by atomic mass is 79.9. The molecule has 1 aromatic rings. The van der Waals surface area contributed by atoms with Crippen LogP contribution in [0.15, 0.2) is 49.8 Å². The largest absolute Gasteiger partial charge is 0.224 e. The molecule has 2 nitrogen and oxygen atoms in total. The van der Waals surface area contributed by atoms with Crippen LogP contribution in [0, 0.1) is 5.92 Å². The van der Waals surface area contributed by atoms with Crippen molar-refractivity contribution in [2.45, 2.75) is 24.7 Å². The molecule has 1 aliphatic rings. The van der Waals surface area contributed by atoms with E-state index in [4.69, 9.17) is 23.2 Å². The van der Waals surface area contributed by atoms with E-state index >= 15 is 0 Å². The Hall–Kier alpha value is -0.290. The second-order valence-electron chi connectivity index (χ2n) is 4.95.